The maximum Gasteiger partial charge on any atom is 0.224 e. The van der Waals surface area contributed by atoms with Crippen LogP contribution in [0.2, 0.25) is 0 Å². The normalized spacial score (nSPS) is 14.0. The zero-order chi connectivity index (χ0) is 13.2. The molecule has 1 amide bonds. The second kappa shape index (κ2) is 5.31. The smallest absolute Gasteiger partial charge is 0.224 e. The van der Waals surface area contributed by atoms with Crippen molar-refractivity contribution in [2.45, 2.75) is 40.9 Å². The Balaban J connectivity index is 0.000000686. The van der Waals surface area contributed by atoms with Crippen LogP contribution in [0.5, 0.6) is 0 Å². The van der Waals surface area contributed by atoms with Gasteiger partial charge >= 0.3 is 0 Å². The summed E-state index contributed by atoms with van der Waals surface area (Å²) in [6, 6.07) is 0. The lowest BCUT2D eigenvalue weighted by atomic mass is 10.4. The molecule has 0 atom stereocenters. The van der Waals surface area contributed by atoms with E-state index in [2.05, 4.69) is 14.5 Å². The van der Waals surface area contributed by atoms with Crippen LogP contribution in [-0.4, -0.2) is 34.5 Å². The molecular weight excluding hydrogens is 216 g/mol. The summed E-state index contributed by atoms with van der Waals surface area (Å²) < 4.78 is 2.09. The van der Waals surface area contributed by atoms with E-state index in [1.807, 2.05) is 27.8 Å². The highest BCUT2D eigenvalue weighted by Gasteiger charge is 2.25. The van der Waals surface area contributed by atoms with Crippen molar-refractivity contribution in [3.05, 3.63) is 11.5 Å². The van der Waals surface area contributed by atoms with Crippen LogP contribution in [0.3, 0.4) is 0 Å². The lowest BCUT2D eigenvalue weighted by Crippen LogP contribution is -2.26. The first-order chi connectivity index (χ1) is 8.00. The monoisotopic (exact) mass is 238 g/mol. The van der Waals surface area contributed by atoms with Crippen molar-refractivity contribution in [1.82, 2.24) is 14.5 Å². The topological polar surface area (TPSA) is 41.4 Å². The maximum atomic E-state index is 11.3. The first kappa shape index (κ1) is 13.7. The lowest BCUT2D eigenvalue weighted by Gasteiger charge is -2.18. The molecule has 1 aliphatic rings. The summed E-state index contributed by atoms with van der Waals surface area (Å²) in [5.41, 5.74) is 0.927. The minimum absolute atomic E-state index is 0.0374. The van der Waals surface area contributed by atoms with E-state index in [9.17, 15) is 4.79 Å². The first-order valence-electron chi connectivity index (χ1n) is 5.99. The Labute approximate surface area is 103 Å². The van der Waals surface area contributed by atoms with Gasteiger partial charge in [0.15, 0.2) is 0 Å². The lowest BCUT2D eigenvalue weighted by molar-refractivity contribution is -0.116. The molecule has 96 valence electrons. The number of hydrogen-bond donors (Lipinski definition) is 0. The number of amides is 1. The highest BCUT2D eigenvalue weighted by molar-refractivity contribution is 5.90. The zero-order valence-electron chi connectivity index (χ0n) is 11.6. The summed E-state index contributed by atoms with van der Waals surface area (Å²) in [5, 5.41) is 0. The number of carbonyl (C=O) groups is 1. The molecule has 0 unspecified atom stereocenters. The summed E-state index contributed by atoms with van der Waals surface area (Å²) in [5.74, 6) is 2.00. The SMILES string of the molecule is CC.CC(=O)N(C)c1c(C)nc2n1CN(C)C2. The molecule has 0 spiro atoms. The van der Waals surface area contributed by atoms with Crippen LogP contribution in [0.4, 0.5) is 5.82 Å². The molecule has 0 bridgehead atoms. The molecule has 2 rings (SSSR count). The van der Waals surface area contributed by atoms with Crippen LogP contribution in [0, 0.1) is 6.92 Å². The van der Waals surface area contributed by atoms with Gasteiger partial charge in [0, 0.05) is 14.0 Å². The Morgan fingerprint density at radius 1 is 1.41 bits per heavy atom. The first-order valence-corrected chi connectivity index (χ1v) is 5.99. The van der Waals surface area contributed by atoms with Crippen LogP contribution < -0.4 is 4.90 Å². The number of imidazole rings is 1. The second-order valence-electron chi connectivity index (χ2n) is 4.10. The number of hydrogen-bond acceptors (Lipinski definition) is 3. The van der Waals surface area contributed by atoms with Gasteiger partial charge in [0.2, 0.25) is 5.91 Å². The molecule has 0 saturated carbocycles. The van der Waals surface area contributed by atoms with Crippen molar-refractivity contribution in [3.63, 3.8) is 0 Å². The Morgan fingerprint density at radius 3 is 2.53 bits per heavy atom. The zero-order valence-corrected chi connectivity index (χ0v) is 11.6. The van der Waals surface area contributed by atoms with Gasteiger partial charge in [-0.25, -0.2) is 4.98 Å². The third kappa shape index (κ3) is 2.49. The number of nitrogens with zero attached hydrogens (tertiary/aromatic N) is 4. The summed E-state index contributed by atoms with van der Waals surface area (Å²) in [7, 11) is 3.83. The molecule has 0 aromatic carbocycles. The van der Waals surface area contributed by atoms with Crippen molar-refractivity contribution < 1.29 is 4.79 Å². The van der Waals surface area contributed by atoms with Crippen LogP contribution in [0.1, 0.15) is 32.3 Å². The number of aromatic nitrogens is 2. The van der Waals surface area contributed by atoms with E-state index >= 15 is 0 Å². The van der Waals surface area contributed by atoms with E-state index in [0.29, 0.717) is 0 Å². The number of aryl methyl sites for hydroxylation is 1. The van der Waals surface area contributed by atoms with E-state index in [-0.39, 0.29) is 5.91 Å². The molecule has 1 aliphatic heterocycles. The molecule has 0 saturated heterocycles. The quantitative estimate of drug-likeness (QED) is 0.746. The average molecular weight is 238 g/mol. The molecule has 0 fully saturated rings. The largest absolute Gasteiger partial charge is 0.300 e. The van der Waals surface area contributed by atoms with E-state index < -0.39 is 0 Å². The Bertz CT molecular complexity index is 411. The van der Waals surface area contributed by atoms with Crippen molar-refractivity contribution in [1.29, 1.82) is 0 Å². The molecular formula is C12H22N4O. The van der Waals surface area contributed by atoms with Gasteiger partial charge < -0.3 is 4.90 Å². The standard InChI is InChI=1S/C10H16N4O.C2H6/c1-7-10(13(4)8(2)15)14-6-12(3)5-9(14)11-7;1-2/h5-6H2,1-4H3;1-2H3. The second-order valence-corrected chi connectivity index (χ2v) is 4.10. The number of anilines is 1. The molecule has 5 nitrogen and oxygen atoms in total. The van der Waals surface area contributed by atoms with Gasteiger partial charge in [-0.1, -0.05) is 13.8 Å². The van der Waals surface area contributed by atoms with Gasteiger partial charge in [-0.3, -0.25) is 14.3 Å². The van der Waals surface area contributed by atoms with Crippen molar-refractivity contribution in [3.8, 4) is 0 Å². The summed E-state index contributed by atoms with van der Waals surface area (Å²) in [4.78, 5) is 19.6. The van der Waals surface area contributed by atoms with Crippen molar-refractivity contribution >= 4 is 11.7 Å². The van der Waals surface area contributed by atoms with E-state index in [1.54, 1.807) is 18.9 Å². The summed E-state index contributed by atoms with van der Waals surface area (Å²) in [6.07, 6.45) is 0. The highest BCUT2D eigenvalue weighted by Crippen LogP contribution is 2.26. The Morgan fingerprint density at radius 2 is 2.00 bits per heavy atom. The summed E-state index contributed by atoms with van der Waals surface area (Å²) >= 11 is 0. The maximum absolute atomic E-state index is 11.3. The molecule has 2 heterocycles. The van der Waals surface area contributed by atoms with Gasteiger partial charge in [-0.2, -0.15) is 0 Å². The molecule has 1 aromatic rings. The van der Waals surface area contributed by atoms with Gasteiger partial charge in [0.05, 0.1) is 18.9 Å². The highest BCUT2D eigenvalue weighted by atomic mass is 16.2. The molecule has 17 heavy (non-hydrogen) atoms. The van der Waals surface area contributed by atoms with Crippen LogP contribution >= 0.6 is 0 Å². The van der Waals surface area contributed by atoms with Crippen molar-refractivity contribution in [2.24, 2.45) is 0 Å². The van der Waals surface area contributed by atoms with Crippen molar-refractivity contribution in [2.75, 3.05) is 19.0 Å². The van der Waals surface area contributed by atoms with Crippen LogP contribution in [0.25, 0.3) is 0 Å². The number of fused-ring (bicyclic) bond motifs is 1. The fourth-order valence-corrected chi connectivity index (χ4v) is 2.00. The molecule has 0 aliphatic carbocycles. The Kier molecular flexibility index (Phi) is 4.28. The third-order valence-electron chi connectivity index (χ3n) is 2.77. The van der Waals surface area contributed by atoms with Gasteiger partial charge in [0.25, 0.3) is 0 Å². The molecule has 5 heteroatoms. The van der Waals surface area contributed by atoms with Gasteiger partial charge in [-0.05, 0) is 14.0 Å². The molecule has 0 N–H and O–H groups in total. The number of rotatable bonds is 1. The third-order valence-corrected chi connectivity index (χ3v) is 2.77. The van der Waals surface area contributed by atoms with Gasteiger partial charge in [-0.15, -0.1) is 0 Å². The Hall–Kier alpha value is -1.36. The summed E-state index contributed by atoms with van der Waals surface area (Å²) in [6.45, 7) is 9.17. The van der Waals surface area contributed by atoms with Crippen LogP contribution in [0.15, 0.2) is 0 Å². The van der Waals surface area contributed by atoms with Gasteiger partial charge in [0.1, 0.15) is 11.6 Å². The van der Waals surface area contributed by atoms with E-state index in [4.69, 9.17) is 0 Å². The van der Waals surface area contributed by atoms with E-state index in [0.717, 1.165) is 30.5 Å². The van der Waals surface area contributed by atoms with Crippen LogP contribution in [-0.2, 0) is 18.0 Å². The average Bonchev–Trinajstić information content (AvgIpc) is 2.74. The van der Waals surface area contributed by atoms with E-state index in [1.165, 1.54) is 0 Å². The predicted octanol–water partition coefficient (Wildman–Crippen LogP) is 1.60. The minimum atomic E-state index is 0.0374. The fraction of sp³-hybridized carbons (Fsp3) is 0.667. The fourth-order valence-electron chi connectivity index (χ4n) is 2.00. The molecule has 0 radical (unpaired) electrons. The minimum Gasteiger partial charge on any atom is -0.300 e. The predicted molar refractivity (Wildman–Crippen MR) is 68.9 cm³/mol. The molecule has 1 aromatic heterocycles. The number of carbonyl (C=O) groups excluding carboxylic acids is 1.